The smallest absolute Gasteiger partial charge is 0.355 e. The number of hydrogen-bond donors (Lipinski definition) is 4. The Morgan fingerprint density at radius 3 is 2.57 bits per heavy atom. The molecule has 0 saturated carbocycles. The zero-order chi connectivity index (χ0) is 50.3. The van der Waals surface area contributed by atoms with Crippen molar-refractivity contribution in [2.24, 2.45) is 13.0 Å². The standard InChI is InChI=1S/C53H51F2N9O7S/c1-30-34(35-17-19-44(58-48(35)51(69)70)64-24-21-31-8-5-11-36(39(31)27-64)49(67)60-52-57-40-12-3-4-14-43(40)72-52)10-6-13-42(30)71-25-7-9-32-22-23-63(29-53(32,54)55)28-46(66)56-33-15-16-37-41(26-33)62(2)61-47(37)38-18-20-45(65)59-50(38)68/h3-6,8,10-17,19,26,32,38H,7,9,18,20-25,27-29H2,1-2H3,(H,56,66)(H,69,70)(H,57,60,67)(H,59,65,68)/t32-,38?/m1/s1. The predicted molar refractivity (Wildman–Crippen MR) is 269 cm³/mol. The van der Waals surface area contributed by atoms with Crippen molar-refractivity contribution < 1.29 is 42.6 Å². The first-order chi connectivity index (χ1) is 34.7. The minimum atomic E-state index is -3.03. The Labute approximate surface area is 416 Å². The summed E-state index contributed by atoms with van der Waals surface area (Å²) in [6.45, 7) is 2.45. The van der Waals surface area contributed by atoms with E-state index in [4.69, 9.17) is 4.74 Å². The van der Waals surface area contributed by atoms with Crippen molar-refractivity contribution in [2.45, 2.75) is 63.8 Å². The summed E-state index contributed by atoms with van der Waals surface area (Å²) in [5, 5.41) is 24.3. The first-order valence-electron chi connectivity index (χ1n) is 23.9. The second-order valence-corrected chi connectivity index (χ2v) is 19.6. The van der Waals surface area contributed by atoms with Crippen LogP contribution in [0.4, 0.5) is 25.4 Å². The Kier molecular flexibility index (Phi) is 13.2. The molecule has 2 atom stereocenters. The Bertz CT molecular complexity index is 3270. The van der Waals surface area contributed by atoms with Gasteiger partial charge in [-0.05, 0) is 122 Å². The van der Waals surface area contributed by atoms with Crippen molar-refractivity contribution in [3.05, 3.63) is 125 Å². The van der Waals surface area contributed by atoms with Crippen LogP contribution in [0.5, 0.6) is 5.75 Å². The SMILES string of the molecule is Cc1c(OCCC[C@@H]2CCN(CC(=O)Nc3ccc4c(C5CCC(=O)NC5=O)nn(C)c4c3)CC2(F)F)cccc1-c1ccc(N2CCc3cccc(C(=O)Nc4nc5ccccc5s4)c3C2)nc1C(=O)O. The molecular formula is C53H51F2N9O7S. The third-order valence-electron chi connectivity index (χ3n) is 13.9. The Morgan fingerprint density at radius 2 is 1.76 bits per heavy atom. The maximum atomic E-state index is 15.6. The number of nitrogens with zero attached hydrogens (tertiary/aromatic N) is 6. The Morgan fingerprint density at radius 1 is 0.931 bits per heavy atom. The average Bonchev–Trinajstić information content (AvgIpc) is 3.92. The van der Waals surface area contributed by atoms with E-state index in [0.29, 0.717) is 94.7 Å². The van der Waals surface area contributed by atoms with Crippen molar-refractivity contribution in [1.82, 2.24) is 30.0 Å². The summed E-state index contributed by atoms with van der Waals surface area (Å²) in [5.74, 6) is -6.16. The molecule has 19 heteroatoms. The molecule has 6 heterocycles. The Hall–Kier alpha value is -7.64. The van der Waals surface area contributed by atoms with E-state index in [-0.39, 0.29) is 49.9 Å². The molecule has 3 aliphatic rings. The van der Waals surface area contributed by atoms with E-state index in [2.05, 4.69) is 31.0 Å². The number of carboxylic acid groups (broad SMARTS) is 1. The van der Waals surface area contributed by atoms with E-state index in [1.807, 2.05) is 48.2 Å². The van der Waals surface area contributed by atoms with Gasteiger partial charge in [0, 0.05) is 54.7 Å². The van der Waals surface area contributed by atoms with Crippen LogP contribution in [0.1, 0.15) is 81.3 Å². The maximum Gasteiger partial charge on any atom is 0.355 e. The molecule has 1 unspecified atom stereocenters. The summed E-state index contributed by atoms with van der Waals surface area (Å²) in [6.07, 6.45) is 1.96. The number of imide groups is 1. The molecule has 0 spiro atoms. The molecule has 10 rings (SSSR count). The lowest BCUT2D eigenvalue weighted by Gasteiger charge is -2.38. The number of pyridine rings is 1. The number of carboxylic acids is 1. The van der Waals surface area contributed by atoms with Crippen LogP contribution in [0, 0.1) is 12.8 Å². The van der Waals surface area contributed by atoms with E-state index < -0.39 is 42.1 Å². The highest BCUT2D eigenvalue weighted by Crippen LogP contribution is 2.38. The van der Waals surface area contributed by atoms with Gasteiger partial charge in [-0.1, -0.05) is 47.7 Å². The maximum absolute atomic E-state index is 15.6. The quantitative estimate of drug-likeness (QED) is 0.0601. The zero-order valence-corrected chi connectivity index (χ0v) is 40.4. The molecular weight excluding hydrogens is 945 g/mol. The van der Waals surface area contributed by atoms with Crippen molar-refractivity contribution in [3.63, 3.8) is 0 Å². The van der Waals surface area contributed by atoms with Gasteiger partial charge in [0.05, 0.1) is 47.0 Å². The van der Waals surface area contributed by atoms with Crippen LogP contribution in [0.3, 0.4) is 0 Å². The molecule has 2 fully saturated rings. The summed E-state index contributed by atoms with van der Waals surface area (Å²) in [6, 6.07) is 27.3. The van der Waals surface area contributed by atoms with Crippen molar-refractivity contribution >= 4 is 78.7 Å². The summed E-state index contributed by atoms with van der Waals surface area (Å²) < 4.78 is 39.9. The molecule has 4 amide bonds. The van der Waals surface area contributed by atoms with E-state index in [9.17, 15) is 29.1 Å². The Balaban J connectivity index is 0.729. The highest BCUT2D eigenvalue weighted by atomic mass is 32.1. The lowest BCUT2D eigenvalue weighted by molar-refractivity contribution is -0.134. The fraction of sp³-hybridized carbons (Fsp3) is 0.321. The number of aromatic carboxylic acids is 1. The molecule has 0 bridgehead atoms. The second-order valence-electron chi connectivity index (χ2n) is 18.6. The summed E-state index contributed by atoms with van der Waals surface area (Å²) in [4.78, 5) is 76.4. The first-order valence-corrected chi connectivity index (χ1v) is 24.7. The van der Waals surface area contributed by atoms with Crippen molar-refractivity contribution in [2.75, 3.05) is 48.3 Å². The van der Waals surface area contributed by atoms with Crippen molar-refractivity contribution in [3.8, 4) is 16.9 Å². The number of piperidine rings is 2. The summed E-state index contributed by atoms with van der Waals surface area (Å²) in [5.41, 5.74) is 6.43. The minimum Gasteiger partial charge on any atom is -0.493 e. The normalized spacial score (nSPS) is 17.9. The van der Waals surface area contributed by atoms with E-state index in [0.717, 1.165) is 26.7 Å². The highest BCUT2D eigenvalue weighted by molar-refractivity contribution is 7.22. The molecule has 72 heavy (non-hydrogen) atoms. The number of nitrogens with one attached hydrogen (secondary N) is 3. The molecule has 16 nitrogen and oxygen atoms in total. The van der Waals surface area contributed by atoms with Crippen LogP contribution >= 0.6 is 11.3 Å². The number of amides is 4. The van der Waals surface area contributed by atoms with Gasteiger partial charge < -0.3 is 20.1 Å². The number of alkyl halides is 2. The number of carbonyl (C=O) groups is 5. The van der Waals surface area contributed by atoms with E-state index in [1.165, 1.54) is 16.2 Å². The lowest BCUT2D eigenvalue weighted by Crippen LogP contribution is -2.50. The molecule has 0 aliphatic carbocycles. The number of aryl methyl sites for hydroxylation is 1. The fourth-order valence-corrected chi connectivity index (χ4v) is 11.0. The van der Waals surface area contributed by atoms with Gasteiger partial charge >= 0.3 is 5.97 Å². The fourth-order valence-electron chi connectivity index (χ4n) is 10.2. The van der Waals surface area contributed by atoms with Gasteiger partial charge in [-0.25, -0.2) is 23.5 Å². The summed E-state index contributed by atoms with van der Waals surface area (Å²) in [7, 11) is 1.72. The number of anilines is 3. The largest absolute Gasteiger partial charge is 0.493 e. The number of halogens is 2. The average molecular weight is 996 g/mol. The molecule has 7 aromatic rings. The van der Waals surface area contributed by atoms with Gasteiger partial charge in [-0.2, -0.15) is 5.10 Å². The van der Waals surface area contributed by atoms with Crippen LogP contribution in [0.15, 0.2) is 91.0 Å². The molecule has 3 aromatic heterocycles. The molecule has 0 radical (unpaired) electrons. The van der Waals surface area contributed by atoms with Crippen LogP contribution in [-0.4, -0.2) is 98.1 Å². The third kappa shape index (κ3) is 9.85. The first kappa shape index (κ1) is 48.0. The van der Waals surface area contributed by atoms with Gasteiger partial charge in [0.25, 0.3) is 11.8 Å². The minimum absolute atomic E-state index is 0.139. The second kappa shape index (κ2) is 19.9. The zero-order valence-electron chi connectivity index (χ0n) is 39.5. The van der Waals surface area contributed by atoms with Gasteiger partial charge in [-0.3, -0.25) is 39.4 Å². The number of benzene rings is 4. The van der Waals surface area contributed by atoms with E-state index in [1.54, 1.807) is 66.3 Å². The van der Waals surface area contributed by atoms with Gasteiger partial charge in [-0.15, -0.1) is 0 Å². The monoisotopic (exact) mass is 995 g/mol. The van der Waals surface area contributed by atoms with Crippen LogP contribution < -0.4 is 25.6 Å². The molecule has 4 N–H and O–H groups in total. The number of carbonyl (C=O) groups excluding carboxylic acids is 4. The van der Waals surface area contributed by atoms with Crippen LogP contribution in [0.2, 0.25) is 0 Å². The third-order valence-corrected chi connectivity index (χ3v) is 14.8. The number of hydrogen-bond acceptors (Lipinski definition) is 12. The van der Waals surface area contributed by atoms with Gasteiger partial charge in [0.1, 0.15) is 11.6 Å². The number of fused-ring (bicyclic) bond motifs is 3. The number of likely N-dealkylation sites (tertiary alicyclic amines) is 1. The molecule has 3 aliphatic heterocycles. The number of aromatic nitrogens is 4. The van der Waals surface area contributed by atoms with E-state index >= 15 is 8.78 Å². The van der Waals surface area contributed by atoms with Crippen LogP contribution in [-0.2, 0) is 34.4 Å². The number of ether oxygens (including phenoxy) is 1. The molecule has 2 saturated heterocycles. The van der Waals surface area contributed by atoms with Gasteiger partial charge in [0.2, 0.25) is 17.7 Å². The molecule has 370 valence electrons. The topological polar surface area (TPSA) is 201 Å². The number of thiazole rings is 1. The van der Waals surface area contributed by atoms with Gasteiger partial charge in [0.15, 0.2) is 10.8 Å². The van der Waals surface area contributed by atoms with Crippen LogP contribution in [0.25, 0.3) is 32.2 Å². The molecule has 4 aromatic carbocycles. The predicted octanol–water partition coefficient (Wildman–Crippen LogP) is 8.34. The van der Waals surface area contributed by atoms with Crippen molar-refractivity contribution in [1.29, 1.82) is 0 Å². The number of para-hydroxylation sites is 1. The number of rotatable bonds is 14. The highest BCUT2D eigenvalue weighted by Gasteiger charge is 2.44. The summed E-state index contributed by atoms with van der Waals surface area (Å²) >= 11 is 1.40. The lowest BCUT2D eigenvalue weighted by atomic mass is 9.88.